The third-order valence-electron chi connectivity index (χ3n) is 3.49. The number of aryl methyl sites for hydroxylation is 1. The number of anilines is 1. The van der Waals surface area contributed by atoms with E-state index >= 15 is 0 Å². The number of rotatable bonds is 6. The summed E-state index contributed by atoms with van der Waals surface area (Å²) in [5.74, 6) is -0.989. The van der Waals surface area contributed by atoms with Gasteiger partial charge in [-0.2, -0.15) is 0 Å². The molecule has 0 aromatic heterocycles. The number of amides is 2. The molecule has 8 heteroatoms. The van der Waals surface area contributed by atoms with E-state index in [0.717, 1.165) is 18.1 Å². The second-order valence-electron chi connectivity index (χ2n) is 5.16. The highest BCUT2D eigenvalue weighted by Gasteiger charge is 2.16. The lowest BCUT2D eigenvalue weighted by molar-refractivity contribution is -0.384. The number of carbonyl (C=O) groups excluding carboxylic acids is 2. The van der Waals surface area contributed by atoms with E-state index < -0.39 is 16.7 Å². The highest BCUT2D eigenvalue weighted by molar-refractivity contribution is 6.32. The molecule has 130 valence electrons. The number of nitrogens with one attached hydrogen (secondary N) is 2. The number of para-hydroxylation sites is 1. The smallest absolute Gasteiger partial charge is 0.288 e. The first-order valence-electron chi connectivity index (χ1n) is 7.52. The Morgan fingerprint density at radius 2 is 1.92 bits per heavy atom. The van der Waals surface area contributed by atoms with Crippen molar-refractivity contribution >= 4 is 34.8 Å². The minimum Gasteiger partial charge on any atom is -0.343 e. The zero-order valence-corrected chi connectivity index (χ0v) is 14.2. The minimum atomic E-state index is -0.673. The second-order valence-corrected chi connectivity index (χ2v) is 5.57. The first kappa shape index (κ1) is 18.4. The zero-order valence-electron chi connectivity index (χ0n) is 13.4. The monoisotopic (exact) mass is 361 g/mol. The van der Waals surface area contributed by atoms with Gasteiger partial charge in [0.25, 0.3) is 11.6 Å². The van der Waals surface area contributed by atoms with Crippen LogP contribution >= 0.6 is 11.6 Å². The van der Waals surface area contributed by atoms with Gasteiger partial charge in [0.15, 0.2) is 0 Å². The van der Waals surface area contributed by atoms with Crippen molar-refractivity contribution in [3.8, 4) is 0 Å². The number of nitro benzene ring substituents is 1. The summed E-state index contributed by atoms with van der Waals surface area (Å²) in [6.07, 6.45) is 0.761. The van der Waals surface area contributed by atoms with Gasteiger partial charge in [-0.15, -0.1) is 0 Å². The van der Waals surface area contributed by atoms with Crippen LogP contribution in [0.3, 0.4) is 0 Å². The fourth-order valence-corrected chi connectivity index (χ4v) is 2.39. The van der Waals surface area contributed by atoms with E-state index in [-0.39, 0.29) is 22.8 Å². The number of halogens is 1. The van der Waals surface area contributed by atoms with Crippen LogP contribution in [-0.4, -0.2) is 23.3 Å². The average Bonchev–Trinajstić information content (AvgIpc) is 2.60. The van der Waals surface area contributed by atoms with Crippen LogP contribution < -0.4 is 10.6 Å². The highest BCUT2D eigenvalue weighted by Crippen LogP contribution is 2.25. The van der Waals surface area contributed by atoms with E-state index in [0.29, 0.717) is 5.69 Å². The van der Waals surface area contributed by atoms with Gasteiger partial charge in [-0.3, -0.25) is 19.7 Å². The third-order valence-corrected chi connectivity index (χ3v) is 3.81. The van der Waals surface area contributed by atoms with Crippen molar-refractivity contribution in [3.05, 3.63) is 68.7 Å². The Kier molecular flexibility index (Phi) is 6.08. The first-order chi connectivity index (χ1) is 11.9. The predicted octanol–water partition coefficient (Wildman–Crippen LogP) is 3.18. The summed E-state index contributed by atoms with van der Waals surface area (Å²) < 4.78 is 0. The van der Waals surface area contributed by atoms with Gasteiger partial charge in [0, 0.05) is 17.3 Å². The van der Waals surface area contributed by atoms with E-state index in [9.17, 15) is 19.7 Å². The standard InChI is InChI=1S/C17H16ClN3O4/c1-2-11-5-3-4-6-14(11)20-16(22)10-19-17(23)12-7-8-13(18)15(9-12)21(24)25/h3-9H,2,10H2,1H3,(H,19,23)(H,20,22). The Morgan fingerprint density at radius 3 is 2.60 bits per heavy atom. The molecular weight excluding hydrogens is 346 g/mol. The fourth-order valence-electron chi connectivity index (χ4n) is 2.20. The van der Waals surface area contributed by atoms with Gasteiger partial charge >= 0.3 is 0 Å². The van der Waals surface area contributed by atoms with Crippen molar-refractivity contribution in [1.29, 1.82) is 0 Å². The molecule has 2 aromatic rings. The largest absolute Gasteiger partial charge is 0.343 e. The van der Waals surface area contributed by atoms with Gasteiger partial charge in [-0.1, -0.05) is 36.7 Å². The van der Waals surface area contributed by atoms with E-state index in [1.54, 1.807) is 12.1 Å². The first-order valence-corrected chi connectivity index (χ1v) is 7.90. The maximum atomic E-state index is 12.1. The van der Waals surface area contributed by atoms with Crippen LogP contribution in [0.25, 0.3) is 0 Å². The molecule has 0 saturated heterocycles. The van der Waals surface area contributed by atoms with Gasteiger partial charge in [-0.05, 0) is 30.2 Å². The molecule has 0 saturated carbocycles. The summed E-state index contributed by atoms with van der Waals surface area (Å²) in [6, 6.07) is 11.1. The Morgan fingerprint density at radius 1 is 1.20 bits per heavy atom. The molecule has 0 radical (unpaired) electrons. The molecule has 25 heavy (non-hydrogen) atoms. The van der Waals surface area contributed by atoms with Crippen LogP contribution in [0.1, 0.15) is 22.8 Å². The summed E-state index contributed by atoms with van der Waals surface area (Å²) in [7, 11) is 0. The molecule has 2 aromatic carbocycles. The van der Waals surface area contributed by atoms with Crippen molar-refractivity contribution in [2.45, 2.75) is 13.3 Å². The molecular formula is C17H16ClN3O4. The van der Waals surface area contributed by atoms with Crippen LogP contribution in [0.2, 0.25) is 5.02 Å². The summed E-state index contributed by atoms with van der Waals surface area (Å²) in [5.41, 5.74) is 1.36. The van der Waals surface area contributed by atoms with Crippen LogP contribution in [-0.2, 0) is 11.2 Å². The number of carbonyl (C=O) groups is 2. The zero-order chi connectivity index (χ0) is 18.4. The molecule has 7 nitrogen and oxygen atoms in total. The molecule has 0 spiro atoms. The van der Waals surface area contributed by atoms with Gasteiger partial charge < -0.3 is 10.6 Å². The van der Waals surface area contributed by atoms with Gasteiger partial charge in [0.2, 0.25) is 5.91 Å². The molecule has 0 unspecified atom stereocenters. The third kappa shape index (κ3) is 4.77. The van der Waals surface area contributed by atoms with Crippen LogP contribution in [0.15, 0.2) is 42.5 Å². The topological polar surface area (TPSA) is 101 Å². The van der Waals surface area contributed by atoms with Crippen molar-refractivity contribution in [2.24, 2.45) is 0 Å². The lowest BCUT2D eigenvalue weighted by atomic mass is 10.1. The molecule has 0 bridgehead atoms. The van der Waals surface area contributed by atoms with E-state index in [1.165, 1.54) is 12.1 Å². The SMILES string of the molecule is CCc1ccccc1NC(=O)CNC(=O)c1ccc(Cl)c([N+](=O)[O-])c1. The van der Waals surface area contributed by atoms with Crippen molar-refractivity contribution in [1.82, 2.24) is 5.32 Å². The molecule has 2 N–H and O–H groups in total. The maximum absolute atomic E-state index is 12.1. The van der Waals surface area contributed by atoms with Crippen molar-refractivity contribution < 1.29 is 14.5 Å². The lowest BCUT2D eigenvalue weighted by Gasteiger charge is -2.10. The molecule has 2 amide bonds. The predicted molar refractivity (Wildman–Crippen MR) is 94.9 cm³/mol. The van der Waals surface area contributed by atoms with Crippen LogP contribution in [0, 0.1) is 10.1 Å². The van der Waals surface area contributed by atoms with E-state index in [2.05, 4.69) is 10.6 Å². The highest BCUT2D eigenvalue weighted by atomic mass is 35.5. The maximum Gasteiger partial charge on any atom is 0.288 e. The van der Waals surface area contributed by atoms with Gasteiger partial charge in [0.05, 0.1) is 11.5 Å². The molecule has 0 aliphatic heterocycles. The Hall–Kier alpha value is -2.93. The molecule has 2 rings (SSSR count). The quantitative estimate of drug-likeness (QED) is 0.609. The number of benzene rings is 2. The van der Waals surface area contributed by atoms with E-state index in [4.69, 9.17) is 11.6 Å². The lowest BCUT2D eigenvalue weighted by Crippen LogP contribution is -2.33. The number of hydrogen-bond acceptors (Lipinski definition) is 4. The summed E-state index contributed by atoms with van der Waals surface area (Å²) in [4.78, 5) is 34.2. The molecule has 0 aliphatic carbocycles. The number of nitrogens with zero attached hydrogens (tertiary/aromatic N) is 1. The van der Waals surface area contributed by atoms with Gasteiger partial charge in [-0.25, -0.2) is 0 Å². The molecule has 0 aliphatic rings. The van der Waals surface area contributed by atoms with Crippen molar-refractivity contribution in [3.63, 3.8) is 0 Å². The fraction of sp³-hybridized carbons (Fsp3) is 0.176. The van der Waals surface area contributed by atoms with Crippen molar-refractivity contribution in [2.75, 3.05) is 11.9 Å². The normalized spacial score (nSPS) is 10.2. The van der Waals surface area contributed by atoms with Crippen LogP contribution in [0.5, 0.6) is 0 Å². The number of nitro groups is 1. The summed E-state index contributed by atoms with van der Waals surface area (Å²) in [6.45, 7) is 1.72. The van der Waals surface area contributed by atoms with E-state index in [1.807, 2.05) is 19.1 Å². The second kappa shape index (κ2) is 8.25. The summed E-state index contributed by atoms with van der Waals surface area (Å²) in [5, 5.41) is 15.9. The summed E-state index contributed by atoms with van der Waals surface area (Å²) >= 11 is 5.70. The molecule has 0 fully saturated rings. The minimum absolute atomic E-state index is 0.0536. The Labute approximate surface area is 149 Å². The Bertz CT molecular complexity index is 823. The van der Waals surface area contributed by atoms with Gasteiger partial charge in [0.1, 0.15) is 5.02 Å². The molecule has 0 heterocycles. The Balaban J connectivity index is 1.99. The average molecular weight is 362 g/mol. The van der Waals surface area contributed by atoms with Crippen LogP contribution in [0.4, 0.5) is 11.4 Å². The number of hydrogen-bond donors (Lipinski definition) is 2. The molecule has 0 atom stereocenters.